The van der Waals surface area contributed by atoms with Gasteiger partial charge in [0.15, 0.2) is 5.13 Å². The summed E-state index contributed by atoms with van der Waals surface area (Å²) in [7, 11) is 0. The lowest BCUT2D eigenvalue weighted by molar-refractivity contribution is 0.0985. The molecule has 0 aliphatic carbocycles. The molecule has 0 unspecified atom stereocenters. The molecule has 0 aliphatic rings. The van der Waals surface area contributed by atoms with Crippen molar-refractivity contribution in [3.05, 3.63) is 78.1 Å². The topological polar surface area (TPSA) is 46.1 Å². The first kappa shape index (κ1) is 20.9. The Hall–Kier alpha value is -2.35. The van der Waals surface area contributed by atoms with Gasteiger partial charge in [-0.2, -0.15) is 0 Å². The first-order valence-electron chi connectivity index (χ1n) is 9.56. The van der Waals surface area contributed by atoms with Crippen LogP contribution in [0.25, 0.3) is 10.2 Å². The molecule has 0 aliphatic heterocycles. The summed E-state index contributed by atoms with van der Waals surface area (Å²) >= 11 is 4.98. The van der Waals surface area contributed by atoms with Gasteiger partial charge in [-0.3, -0.25) is 14.7 Å². The molecule has 0 radical (unpaired) electrons. The zero-order chi connectivity index (χ0) is 20.9. The normalized spacial score (nSPS) is 11.0. The Balaban J connectivity index is 1.74. The predicted molar refractivity (Wildman–Crippen MR) is 129 cm³/mol. The largest absolute Gasteiger partial charge is 0.279 e. The average molecular weight is 452 g/mol. The number of thiazole rings is 1. The fraction of sp³-hybridized carbons (Fsp3) is 0.174. The van der Waals surface area contributed by atoms with E-state index in [-0.39, 0.29) is 5.91 Å². The number of nitrogens with zero attached hydrogens (tertiary/aromatic N) is 3. The van der Waals surface area contributed by atoms with Gasteiger partial charge in [-0.15, -0.1) is 23.5 Å². The molecule has 7 heteroatoms. The van der Waals surface area contributed by atoms with Gasteiger partial charge >= 0.3 is 0 Å². The highest BCUT2D eigenvalue weighted by Gasteiger charge is 2.22. The number of aromatic nitrogens is 2. The van der Waals surface area contributed by atoms with Crippen LogP contribution in [0.4, 0.5) is 5.13 Å². The minimum Gasteiger partial charge on any atom is -0.279 e. The number of carbonyl (C=O) groups excluding carboxylic acids is 1. The van der Waals surface area contributed by atoms with E-state index in [1.54, 1.807) is 52.2 Å². The summed E-state index contributed by atoms with van der Waals surface area (Å²) in [5, 5.41) is 0.700. The standard InChI is InChI=1S/C23H21N3OS3/c1-3-29-19-8-4-7-17(12-19)22(27)26(15-16-6-5-11-24-14-16)23-25-20-10-9-18(28-2)13-21(20)30-23/h4-14H,3,15H2,1-2H3. The highest BCUT2D eigenvalue weighted by Crippen LogP contribution is 2.33. The van der Waals surface area contributed by atoms with Crippen LogP contribution in [0.15, 0.2) is 76.8 Å². The molecule has 0 spiro atoms. The molecule has 2 heterocycles. The Morgan fingerprint density at radius 3 is 2.77 bits per heavy atom. The Morgan fingerprint density at radius 2 is 2.00 bits per heavy atom. The number of rotatable bonds is 7. The van der Waals surface area contributed by atoms with Crippen LogP contribution in [0.1, 0.15) is 22.8 Å². The lowest BCUT2D eigenvalue weighted by Crippen LogP contribution is -2.30. The lowest BCUT2D eigenvalue weighted by Gasteiger charge is -2.20. The quantitative estimate of drug-likeness (QED) is 0.305. The van der Waals surface area contributed by atoms with Crippen LogP contribution in [-0.4, -0.2) is 27.9 Å². The molecular weight excluding hydrogens is 430 g/mol. The second kappa shape index (κ2) is 9.64. The molecule has 30 heavy (non-hydrogen) atoms. The van der Waals surface area contributed by atoms with Crippen molar-refractivity contribution in [1.82, 2.24) is 9.97 Å². The molecule has 2 aromatic carbocycles. The van der Waals surface area contributed by atoms with Gasteiger partial charge in [0.05, 0.1) is 16.8 Å². The maximum Gasteiger partial charge on any atom is 0.260 e. The molecule has 4 rings (SSSR count). The predicted octanol–water partition coefficient (Wildman–Crippen LogP) is 6.37. The number of hydrogen-bond acceptors (Lipinski definition) is 6. The third-order valence-corrected chi connectivity index (χ3v) is 7.16. The van der Waals surface area contributed by atoms with E-state index in [1.165, 1.54) is 4.90 Å². The molecule has 0 fully saturated rings. The Bertz CT molecular complexity index is 1160. The van der Waals surface area contributed by atoms with E-state index in [2.05, 4.69) is 30.3 Å². The van der Waals surface area contributed by atoms with Gasteiger partial charge in [0.2, 0.25) is 0 Å². The lowest BCUT2D eigenvalue weighted by atomic mass is 10.2. The summed E-state index contributed by atoms with van der Waals surface area (Å²) in [6.07, 6.45) is 5.59. The third-order valence-electron chi connectivity index (χ3n) is 4.52. The molecule has 0 saturated heterocycles. The van der Waals surface area contributed by atoms with Crippen LogP contribution in [0, 0.1) is 0 Å². The number of anilines is 1. The van der Waals surface area contributed by atoms with Crippen molar-refractivity contribution in [3.8, 4) is 0 Å². The molecule has 0 N–H and O–H groups in total. The molecule has 1 amide bonds. The van der Waals surface area contributed by atoms with Crippen molar-refractivity contribution >= 4 is 56.1 Å². The van der Waals surface area contributed by atoms with Gasteiger partial charge in [-0.05, 0) is 60.0 Å². The number of hydrogen-bond donors (Lipinski definition) is 0. The van der Waals surface area contributed by atoms with Gasteiger partial charge in [0, 0.05) is 27.7 Å². The van der Waals surface area contributed by atoms with Crippen LogP contribution in [0.2, 0.25) is 0 Å². The third kappa shape index (κ3) is 4.69. The molecule has 4 nitrogen and oxygen atoms in total. The van der Waals surface area contributed by atoms with Gasteiger partial charge < -0.3 is 0 Å². The summed E-state index contributed by atoms with van der Waals surface area (Å²) in [6, 6.07) is 17.9. The van der Waals surface area contributed by atoms with Crippen LogP contribution >= 0.6 is 34.9 Å². The van der Waals surface area contributed by atoms with Gasteiger partial charge in [-0.1, -0.05) is 30.4 Å². The van der Waals surface area contributed by atoms with E-state index in [0.717, 1.165) is 26.4 Å². The van der Waals surface area contributed by atoms with E-state index in [0.29, 0.717) is 17.2 Å². The summed E-state index contributed by atoms with van der Waals surface area (Å²) in [5.74, 6) is 0.911. The monoisotopic (exact) mass is 451 g/mol. The number of benzene rings is 2. The second-order valence-electron chi connectivity index (χ2n) is 6.54. The van der Waals surface area contributed by atoms with Crippen molar-refractivity contribution in [1.29, 1.82) is 0 Å². The minimum atomic E-state index is -0.0541. The zero-order valence-corrected chi connectivity index (χ0v) is 19.2. The van der Waals surface area contributed by atoms with Crippen molar-refractivity contribution in [2.45, 2.75) is 23.3 Å². The molecule has 0 bridgehead atoms. The molecule has 0 saturated carbocycles. The SMILES string of the molecule is CCSc1cccc(C(=O)N(Cc2cccnc2)c2nc3ccc(SC)cc3s2)c1. The summed E-state index contributed by atoms with van der Waals surface area (Å²) < 4.78 is 1.08. The number of pyridine rings is 1. The molecule has 4 aromatic rings. The number of thioether (sulfide) groups is 2. The molecule has 0 atom stereocenters. The number of amides is 1. The maximum absolute atomic E-state index is 13.6. The van der Waals surface area contributed by atoms with Crippen LogP contribution in [0.3, 0.4) is 0 Å². The summed E-state index contributed by atoms with van der Waals surface area (Å²) in [4.78, 5) is 26.6. The Morgan fingerprint density at radius 1 is 1.10 bits per heavy atom. The second-order valence-corrected chi connectivity index (χ2v) is 9.77. The van der Waals surface area contributed by atoms with Gasteiger partial charge in [0.1, 0.15) is 0 Å². The summed E-state index contributed by atoms with van der Waals surface area (Å²) in [6.45, 7) is 2.53. The van der Waals surface area contributed by atoms with E-state index in [9.17, 15) is 4.79 Å². The first-order valence-corrected chi connectivity index (χ1v) is 12.6. The number of carbonyl (C=O) groups is 1. The molecular formula is C23H21N3OS3. The van der Waals surface area contributed by atoms with Crippen molar-refractivity contribution < 1.29 is 4.79 Å². The highest BCUT2D eigenvalue weighted by molar-refractivity contribution is 7.99. The Labute approximate surface area is 188 Å². The summed E-state index contributed by atoms with van der Waals surface area (Å²) in [5.41, 5.74) is 2.54. The van der Waals surface area contributed by atoms with Crippen molar-refractivity contribution in [3.63, 3.8) is 0 Å². The van der Waals surface area contributed by atoms with Gasteiger partial charge in [-0.25, -0.2) is 4.98 Å². The van der Waals surface area contributed by atoms with E-state index < -0.39 is 0 Å². The van der Waals surface area contributed by atoms with Gasteiger partial charge in [0.25, 0.3) is 5.91 Å². The minimum absolute atomic E-state index is 0.0541. The fourth-order valence-electron chi connectivity index (χ4n) is 3.08. The molecule has 2 aromatic heterocycles. The molecule has 152 valence electrons. The van der Waals surface area contributed by atoms with Crippen LogP contribution < -0.4 is 4.90 Å². The van der Waals surface area contributed by atoms with E-state index in [4.69, 9.17) is 4.98 Å². The Kier molecular flexibility index (Phi) is 6.72. The zero-order valence-electron chi connectivity index (χ0n) is 16.7. The first-order chi connectivity index (χ1) is 14.7. The fourth-order valence-corrected chi connectivity index (χ4v) is 5.31. The highest BCUT2D eigenvalue weighted by atomic mass is 32.2. The van der Waals surface area contributed by atoms with Crippen LogP contribution in [-0.2, 0) is 6.54 Å². The van der Waals surface area contributed by atoms with Crippen molar-refractivity contribution in [2.75, 3.05) is 16.9 Å². The number of fused-ring (bicyclic) bond motifs is 1. The average Bonchev–Trinajstić information content (AvgIpc) is 3.21. The van der Waals surface area contributed by atoms with Crippen LogP contribution in [0.5, 0.6) is 0 Å². The van der Waals surface area contributed by atoms with Crippen molar-refractivity contribution in [2.24, 2.45) is 0 Å². The van der Waals surface area contributed by atoms with E-state index in [1.807, 2.05) is 42.5 Å². The van der Waals surface area contributed by atoms with E-state index >= 15 is 0 Å². The maximum atomic E-state index is 13.6. The smallest absolute Gasteiger partial charge is 0.260 e.